The van der Waals surface area contributed by atoms with Crippen molar-refractivity contribution in [2.45, 2.75) is 51.9 Å². The molecule has 1 aromatic heterocycles. The van der Waals surface area contributed by atoms with Crippen molar-refractivity contribution < 1.29 is 19.1 Å². The maximum atomic E-state index is 12.5. The van der Waals surface area contributed by atoms with Gasteiger partial charge in [-0.25, -0.2) is 9.78 Å². The fourth-order valence-corrected chi connectivity index (χ4v) is 3.23. The molecular weight excluding hydrogens is 374 g/mol. The van der Waals surface area contributed by atoms with E-state index in [2.05, 4.69) is 4.98 Å². The van der Waals surface area contributed by atoms with Gasteiger partial charge < -0.3 is 14.4 Å². The third kappa shape index (κ3) is 5.63. The van der Waals surface area contributed by atoms with Crippen molar-refractivity contribution in [3.8, 4) is 0 Å². The first-order chi connectivity index (χ1) is 13.7. The lowest BCUT2D eigenvalue weighted by atomic mass is 10.1. The second-order valence-electron chi connectivity index (χ2n) is 8.24. The van der Waals surface area contributed by atoms with Crippen LogP contribution in [0.5, 0.6) is 0 Å². The molecule has 2 aromatic rings. The van der Waals surface area contributed by atoms with E-state index >= 15 is 0 Å². The van der Waals surface area contributed by atoms with Gasteiger partial charge in [0.1, 0.15) is 12.2 Å². The van der Waals surface area contributed by atoms with Crippen LogP contribution in [0.2, 0.25) is 0 Å². The minimum Gasteiger partial charge on any atom is -0.444 e. The van der Waals surface area contributed by atoms with Gasteiger partial charge in [0.25, 0.3) is 5.56 Å². The summed E-state index contributed by atoms with van der Waals surface area (Å²) < 4.78 is 12.4. The molecular formula is C21H27N3O5. The summed E-state index contributed by atoms with van der Waals surface area (Å²) in [6.07, 6.45) is 2.33. The molecule has 8 heteroatoms. The van der Waals surface area contributed by atoms with Crippen LogP contribution in [0.1, 0.15) is 33.6 Å². The molecule has 0 saturated carbocycles. The number of amides is 1. The molecule has 156 valence electrons. The Morgan fingerprint density at radius 3 is 2.76 bits per heavy atom. The van der Waals surface area contributed by atoms with Crippen molar-refractivity contribution in [2.24, 2.45) is 0 Å². The Bertz CT molecular complexity index is 947. The lowest BCUT2D eigenvalue weighted by Crippen LogP contribution is -2.45. The molecule has 29 heavy (non-hydrogen) atoms. The van der Waals surface area contributed by atoms with Crippen LogP contribution >= 0.6 is 0 Å². The molecule has 1 amide bonds. The molecule has 0 aliphatic carbocycles. The first kappa shape index (κ1) is 21.0. The summed E-state index contributed by atoms with van der Waals surface area (Å²) in [5.41, 5.74) is -0.207. The maximum Gasteiger partial charge on any atom is 0.410 e. The van der Waals surface area contributed by atoms with E-state index in [1.807, 2.05) is 26.8 Å². The van der Waals surface area contributed by atoms with E-state index in [0.717, 1.165) is 12.8 Å². The number of ketones is 1. The summed E-state index contributed by atoms with van der Waals surface area (Å²) in [6, 6.07) is 7.02. The maximum absolute atomic E-state index is 12.5. The van der Waals surface area contributed by atoms with Crippen molar-refractivity contribution in [3.63, 3.8) is 0 Å². The van der Waals surface area contributed by atoms with Crippen LogP contribution in [0, 0.1) is 0 Å². The van der Waals surface area contributed by atoms with E-state index < -0.39 is 5.60 Å². The highest BCUT2D eigenvalue weighted by Crippen LogP contribution is 2.17. The van der Waals surface area contributed by atoms with Crippen molar-refractivity contribution in [2.75, 3.05) is 19.7 Å². The minimum atomic E-state index is -0.554. The van der Waals surface area contributed by atoms with Gasteiger partial charge in [0.2, 0.25) is 0 Å². The third-order valence-electron chi connectivity index (χ3n) is 4.59. The van der Waals surface area contributed by atoms with Gasteiger partial charge in [-0.05, 0) is 45.7 Å². The van der Waals surface area contributed by atoms with Gasteiger partial charge in [-0.3, -0.25) is 14.2 Å². The quantitative estimate of drug-likeness (QED) is 0.764. The molecule has 1 atom stereocenters. The number of aromatic nitrogens is 2. The summed E-state index contributed by atoms with van der Waals surface area (Å²) in [6.45, 7) is 6.26. The second-order valence-corrected chi connectivity index (χ2v) is 8.24. The van der Waals surface area contributed by atoms with Crippen LogP contribution < -0.4 is 5.56 Å². The van der Waals surface area contributed by atoms with Gasteiger partial charge in [0.15, 0.2) is 5.78 Å². The van der Waals surface area contributed by atoms with E-state index in [9.17, 15) is 14.4 Å². The number of piperidine rings is 1. The molecule has 1 saturated heterocycles. The highest BCUT2D eigenvalue weighted by Gasteiger charge is 2.28. The number of benzene rings is 1. The molecule has 0 radical (unpaired) electrons. The third-order valence-corrected chi connectivity index (χ3v) is 4.59. The van der Waals surface area contributed by atoms with E-state index in [1.54, 1.807) is 23.1 Å². The fourth-order valence-electron chi connectivity index (χ4n) is 3.23. The normalized spacial score (nSPS) is 17.3. The monoisotopic (exact) mass is 401 g/mol. The van der Waals surface area contributed by atoms with Crippen LogP contribution in [-0.4, -0.2) is 57.7 Å². The Labute approximate surface area is 169 Å². The zero-order chi connectivity index (χ0) is 21.0. The van der Waals surface area contributed by atoms with E-state index in [-0.39, 0.29) is 36.7 Å². The number of hydrogen-bond acceptors (Lipinski definition) is 6. The largest absolute Gasteiger partial charge is 0.444 e. The molecule has 3 rings (SSSR count). The zero-order valence-corrected chi connectivity index (χ0v) is 17.1. The topological polar surface area (TPSA) is 90.7 Å². The van der Waals surface area contributed by atoms with E-state index in [4.69, 9.17) is 9.47 Å². The summed E-state index contributed by atoms with van der Waals surface area (Å²) in [5, 5.41) is 0.476. The molecule has 2 heterocycles. The van der Waals surface area contributed by atoms with Gasteiger partial charge >= 0.3 is 6.09 Å². The number of rotatable bonds is 5. The first-order valence-electron chi connectivity index (χ1n) is 9.78. The number of likely N-dealkylation sites (tertiary alicyclic amines) is 1. The smallest absolute Gasteiger partial charge is 0.410 e. The van der Waals surface area contributed by atoms with Gasteiger partial charge in [-0.1, -0.05) is 12.1 Å². The standard InChI is InChI=1S/C21H27N3O5/c1-21(2,3)29-20(27)23-10-6-7-16(12-23)28-13-15(25)11-24-14-22-18-9-5-4-8-17(18)19(24)26/h4-5,8-9,14,16H,6-7,10-13H2,1-3H3. The van der Waals surface area contributed by atoms with Crippen molar-refractivity contribution in [3.05, 3.63) is 40.9 Å². The highest BCUT2D eigenvalue weighted by atomic mass is 16.6. The molecule has 1 fully saturated rings. The summed E-state index contributed by atoms with van der Waals surface area (Å²) in [5.74, 6) is -0.224. The molecule has 1 aliphatic rings. The average molecular weight is 401 g/mol. The van der Waals surface area contributed by atoms with E-state index in [1.165, 1.54) is 10.9 Å². The second kappa shape index (κ2) is 8.73. The Hall–Kier alpha value is -2.74. The Morgan fingerprint density at radius 1 is 1.24 bits per heavy atom. The summed E-state index contributed by atoms with van der Waals surface area (Å²) in [4.78, 5) is 42.8. The lowest BCUT2D eigenvalue weighted by molar-refractivity contribution is -0.127. The molecule has 0 spiro atoms. The van der Waals surface area contributed by atoms with Crippen LogP contribution in [0.25, 0.3) is 10.9 Å². The molecule has 0 N–H and O–H groups in total. The van der Waals surface area contributed by atoms with Gasteiger partial charge in [-0.2, -0.15) is 0 Å². The molecule has 0 bridgehead atoms. The number of Topliss-reactive ketones (excluding diaryl/α,β-unsaturated/α-hetero) is 1. The van der Waals surface area contributed by atoms with Crippen LogP contribution in [0.4, 0.5) is 4.79 Å². The Balaban J connectivity index is 1.53. The molecule has 8 nitrogen and oxygen atoms in total. The first-order valence-corrected chi connectivity index (χ1v) is 9.78. The zero-order valence-electron chi connectivity index (χ0n) is 17.1. The predicted octanol–water partition coefficient (Wildman–Crippen LogP) is 2.38. The number of carbonyl (C=O) groups is 2. The minimum absolute atomic E-state index is 0.0980. The Morgan fingerprint density at radius 2 is 2.00 bits per heavy atom. The van der Waals surface area contributed by atoms with Gasteiger partial charge in [0.05, 0.1) is 36.4 Å². The number of ether oxygens (including phenoxy) is 2. The summed E-state index contributed by atoms with van der Waals surface area (Å²) >= 11 is 0. The number of carbonyl (C=O) groups excluding carboxylic acids is 2. The van der Waals surface area contributed by atoms with Crippen molar-refractivity contribution >= 4 is 22.8 Å². The molecule has 1 aliphatic heterocycles. The van der Waals surface area contributed by atoms with Gasteiger partial charge in [0, 0.05) is 6.54 Å². The number of hydrogen-bond donors (Lipinski definition) is 0. The van der Waals surface area contributed by atoms with Crippen LogP contribution in [0.15, 0.2) is 35.4 Å². The average Bonchev–Trinajstić information content (AvgIpc) is 2.68. The number of fused-ring (bicyclic) bond motifs is 1. The Kier molecular flexibility index (Phi) is 6.32. The van der Waals surface area contributed by atoms with Crippen molar-refractivity contribution in [1.29, 1.82) is 0 Å². The van der Waals surface area contributed by atoms with Gasteiger partial charge in [-0.15, -0.1) is 0 Å². The molecule has 1 aromatic carbocycles. The lowest BCUT2D eigenvalue weighted by Gasteiger charge is -2.33. The highest BCUT2D eigenvalue weighted by molar-refractivity contribution is 5.80. The molecule has 1 unspecified atom stereocenters. The number of nitrogens with zero attached hydrogens (tertiary/aromatic N) is 3. The van der Waals surface area contributed by atoms with Crippen molar-refractivity contribution in [1.82, 2.24) is 14.5 Å². The van der Waals surface area contributed by atoms with Crippen LogP contribution in [-0.2, 0) is 20.8 Å². The van der Waals surface area contributed by atoms with E-state index in [0.29, 0.717) is 24.0 Å². The van der Waals surface area contributed by atoms with Crippen LogP contribution in [0.3, 0.4) is 0 Å². The predicted molar refractivity (Wildman–Crippen MR) is 108 cm³/mol. The number of para-hydroxylation sites is 1. The fraction of sp³-hybridized carbons (Fsp3) is 0.524. The SMILES string of the molecule is CC(C)(C)OC(=O)N1CCCC(OCC(=O)Cn2cnc3ccccc3c2=O)C1. The summed E-state index contributed by atoms with van der Waals surface area (Å²) in [7, 11) is 0.